The van der Waals surface area contributed by atoms with Crippen LogP contribution in [0.1, 0.15) is 19.0 Å². The Balaban J connectivity index is 1.59. The van der Waals surface area contributed by atoms with Gasteiger partial charge in [-0.05, 0) is 20.3 Å². The van der Waals surface area contributed by atoms with E-state index in [0.29, 0.717) is 23.5 Å². The zero-order valence-corrected chi connectivity index (χ0v) is 14.8. The minimum absolute atomic E-state index is 0.0837. The second-order valence-electron chi connectivity index (χ2n) is 6.33. The first-order valence-electron chi connectivity index (χ1n) is 8.62. The quantitative estimate of drug-likeness (QED) is 0.694. The van der Waals surface area contributed by atoms with Crippen molar-refractivity contribution in [3.63, 3.8) is 0 Å². The molecule has 1 aliphatic rings. The van der Waals surface area contributed by atoms with E-state index >= 15 is 0 Å². The number of imidazole rings is 1. The average Bonchev–Trinajstić information content (AvgIpc) is 3.09. The number of aromatic nitrogens is 6. The van der Waals surface area contributed by atoms with Gasteiger partial charge in [-0.1, -0.05) is 0 Å². The predicted molar refractivity (Wildman–Crippen MR) is 97.8 cm³/mol. The number of nitrogens with zero attached hydrogens (tertiary/aromatic N) is 7. The fourth-order valence-corrected chi connectivity index (χ4v) is 3.03. The normalized spacial score (nSPS) is 13.8. The number of nitrogens with two attached hydrogens (primary N) is 1. The molecule has 1 saturated heterocycles. The van der Waals surface area contributed by atoms with Crippen molar-refractivity contribution in [3.05, 3.63) is 18.1 Å². The van der Waals surface area contributed by atoms with Gasteiger partial charge in [0.2, 0.25) is 11.9 Å². The van der Waals surface area contributed by atoms with Crippen LogP contribution in [0.25, 0.3) is 11.2 Å². The van der Waals surface area contributed by atoms with Crippen molar-refractivity contribution in [2.75, 3.05) is 29.0 Å². The van der Waals surface area contributed by atoms with Crippen LogP contribution < -0.4 is 16.0 Å². The summed E-state index contributed by atoms with van der Waals surface area (Å²) in [7, 11) is 0. The van der Waals surface area contributed by atoms with Gasteiger partial charge >= 0.3 is 0 Å². The lowest BCUT2D eigenvalue weighted by molar-refractivity contribution is -0.116. The first-order chi connectivity index (χ1) is 12.5. The fraction of sp³-hybridized carbons (Fsp3) is 0.438. The summed E-state index contributed by atoms with van der Waals surface area (Å²) in [6.45, 7) is 6.49. The molecule has 4 rings (SSSR count). The zero-order valence-electron chi connectivity index (χ0n) is 14.8. The Kier molecular flexibility index (Phi) is 3.94. The lowest BCUT2D eigenvalue weighted by Crippen LogP contribution is -2.38. The molecule has 0 aliphatic carbocycles. The smallest absolute Gasteiger partial charge is 0.245 e. The first kappa shape index (κ1) is 16.3. The standard InChI is InChI=1S/C16H21N9O/c1-3-25-11(7-10(2)22-25)19-12(26)8-24-9-18-13-14(23-5-4-6-23)20-16(17)21-15(13)24/h7,9H,3-6,8H2,1-2H3,(H,19,26)(H2,17,20,21). The zero-order chi connectivity index (χ0) is 18.3. The molecule has 1 amide bonds. The third kappa shape index (κ3) is 2.83. The molecule has 26 heavy (non-hydrogen) atoms. The Morgan fingerprint density at radius 1 is 1.35 bits per heavy atom. The van der Waals surface area contributed by atoms with Crippen molar-refractivity contribution in [3.8, 4) is 0 Å². The molecule has 3 aromatic rings. The maximum atomic E-state index is 12.5. The van der Waals surface area contributed by atoms with Gasteiger partial charge in [-0.3, -0.25) is 4.79 Å². The number of rotatable bonds is 5. The lowest BCUT2D eigenvalue weighted by Gasteiger charge is -2.31. The average molecular weight is 355 g/mol. The maximum absolute atomic E-state index is 12.5. The second kappa shape index (κ2) is 6.28. The molecule has 0 radical (unpaired) electrons. The van der Waals surface area contributed by atoms with Gasteiger partial charge in [0.05, 0.1) is 12.0 Å². The predicted octanol–water partition coefficient (Wildman–Crippen LogP) is 0.782. The van der Waals surface area contributed by atoms with Crippen LogP contribution in [0.15, 0.2) is 12.4 Å². The molecule has 4 heterocycles. The molecule has 10 heteroatoms. The van der Waals surface area contributed by atoms with E-state index in [1.807, 2.05) is 19.9 Å². The molecule has 0 bridgehead atoms. The Morgan fingerprint density at radius 3 is 2.85 bits per heavy atom. The van der Waals surface area contributed by atoms with Crippen LogP contribution in [0.4, 0.5) is 17.6 Å². The number of hydrogen-bond acceptors (Lipinski definition) is 7. The Bertz CT molecular complexity index is 970. The van der Waals surface area contributed by atoms with E-state index in [9.17, 15) is 4.79 Å². The molecule has 0 unspecified atom stereocenters. The summed E-state index contributed by atoms with van der Waals surface area (Å²) in [4.78, 5) is 27.6. The Labute approximate surface area is 150 Å². The number of nitrogen functional groups attached to an aromatic ring is 1. The van der Waals surface area contributed by atoms with Crippen LogP contribution in [-0.4, -0.2) is 48.3 Å². The summed E-state index contributed by atoms with van der Waals surface area (Å²) in [6, 6.07) is 1.84. The van der Waals surface area contributed by atoms with Crippen LogP contribution in [0, 0.1) is 6.92 Å². The molecule has 136 valence electrons. The van der Waals surface area contributed by atoms with Crippen LogP contribution in [0.5, 0.6) is 0 Å². The first-order valence-corrected chi connectivity index (χ1v) is 8.62. The molecular weight excluding hydrogens is 334 g/mol. The lowest BCUT2D eigenvalue weighted by atomic mass is 10.2. The molecular formula is C16H21N9O. The highest BCUT2D eigenvalue weighted by Crippen LogP contribution is 2.26. The number of amides is 1. The van der Waals surface area contributed by atoms with E-state index in [-0.39, 0.29) is 18.4 Å². The second-order valence-corrected chi connectivity index (χ2v) is 6.33. The summed E-state index contributed by atoms with van der Waals surface area (Å²) < 4.78 is 3.44. The number of fused-ring (bicyclic) bond motifs is 1. The summed E-state index contributed by atoms with van der Waals surface area (Å²) in [6.07, 6.45) is 2.73. The summed E-state index contributed by atoms with van der Waals surface area (Å²) in [5.74, 6) is 1.41. The molecule has 1 aliphatic heterocycles. The van der Waals surface area contributed by atoms with Crippen molar-refractivity contribution in [1.29, 1.82) is 0 Å². The highest BCUT2D eigenvalue weighted by atomic mass is 16.2. The van der Waals surface area contributed by atoms with Crippen molar-refractivity contribution in [2.24, 2.45) is 0 Å². The Hall–Kier alpha value is -3.17. The van der Waals surface area contributed by atoms with E-state index in [0.717, 1.165) is 31.0 Å². The monoisotopic (exact) mass is 355 g/mol. The van der Waals surface area contributed by atoms with Crippen LogP contribution >= 0.6 is 0 Å². The van der Waals surface area contributed by atoms with E-state index in [1.54, 1.807) is 15.6 Å². The van der Waals surface area contributed by atoms with Crippen LogP contribution in [0.3, 0.4) is 0 Å². The number of carbonyl (C=O) groups excluding carboxylic acids is 1. The van der Waals surface area contributed by atoms with E-state index in [2.05, 4.69) is 30.3 Å². The third-order valence-corrected chi connectivity index (χ3v) is 4.40. The van der Waals surface area contributed by atoms with Crippen LogP contribution in [-0.2, 0) is 17.9 Å². The third-order valence-electron chi connectivity index (χ3n) is 4.40. The van der Waals surface area contributed by atoms with E-state index in [1.165, 1.54) is 0 Å². The van der Waals surface area contributed by atoms with Gasteiger partial charge < -0.3 is 20.5 Å². The highest BCUT2D eigenvalue weighted by Gasteiger charge is 2.22. The van der Waals surface area contributed by atoms with Crippen molar-refractivity contribution >= 4 is 34.7 Å². The molecule has 1 fully saturated rings. The van der Waals surface area contributed by atoms with Gasteiger partial charge in [-0.15, -0.1) is 0 Å². The van der Waals surface area contributed by atoms with Gasteiger partial charge in [-0.2, -0.15) is 15.1 Å². The van der Waals surface area contributed by atoms with Gasteiger partial charge in [-0.25, -0.2) is 9.67 Å². The van der Waals surface area contributed by atoms with Crippen molar-refractivity contribution in [2.45, 2.75) is 33.4 Å². The molecule has 0 atom stereocenters. The highest BCUT2D eigenvalue weighted by molar-refractivity contribution is 5.91. The number of nitrogens with one attached hydrogen (secondary N) is 1. The molecule has 3 N–H and O–H groups in total. The summed E-state index contributed by atoms with van der Waals surface area (Å²) in [5.41, 5.74) is 7.95. The molecule has 3 aromatic heterocycles. The number of hydrogen-bond donors (Lipinski definition) is 2. The van der Waals surface area contributed by atoms with E-state index < -0.39 is 0 Å². The summed E-state index contributed by atoms with van der Waals surface area (Å²) >= 11 is 0. The fourth-order valence-electron chi connectivity index (χ4n) is 3.03. The minimum atomic E-state index is -0.179. The topological polar surface area (TPSA) is 120 Å². The largest absolute Gasteiger partial charge is 0.368 e. The molecule has 0 aromatic carbocycles. The summed E-state index contributed by atoms with van der Waals surface area (Å²) in [5, 5.41) is 7.22. The van der Waals surface area contributed by atoms with Gasteiger partial charge in [0, 0.05) is 25.7 Å². The number of carbonyl (C=O) groups is 1. The molecule has 10 nitrogen and oxygen atoms in total. The maximum Gasteiger partial charge on any atom is 0.245 e. The van der Waals surface area contributed by atoms with E-state index in [4.69, 9.17) is 5.73 Å². The molecule has 0 spiro atoms. The minimum Gasteiger partial charge on any atom is -0.368 e. The number of anilines is 3. The van der Waals surface area contributed by atoms with Gasteiger partial charge in [0.25, 0.3) is 0 Å². The van der Waals surface area contributed by atoms with Gasteiger partial charge in [0.15, 0.2) is 17.0 Å². The van der Waals surface area contributed by atoms with Gasteiger partial charge in [0.1, 0.15) is 12.4 Å². The van der Waals surface area contributed by atoms with Crippen molar-refractivity contribution < 1.29 is 4.79 Å². The number of aryl methyl sites for hydroxylation is 2. The van der Waals surface area contributed by atoms with Crippen molar-refractivity contribution in [1.82, 2.24) is 29.3 Å². The Morgan fingerprint density at radius 2 is 2.15 bits per heavy atom. The van der Waals surface area contributed by atoms with Crippen LogP contribution in [0.2, 0.25) is 0 Å². The molecule has 0 saturated carbocycles. The SMILES string of the molecule is CCn1nc(C)cc1NC(=O)Cn1cnc2c(N3CCC3)nc(N)nc21.